The second-order valence-corrected chi connectivity index (χ2v) is 3.52. The van der Waals surface area contributed by atoms with Gasteiger partial charge in [0, 0.05) is 6.07 Å². The summed E-state index contributed by atoms with van der Waals surface area (Å²) in [5.41, 5.74) is 1.56. The molecule has 0 saturated carbocycles. The summed E-state index contributed by atoms with van der Waals surface area (Å²) in [6.45, 7) is 3.60. The third-order valence-electron chi connectivity index (χ3n) is 1.76. The summed E-state index contributed by atoms with van der Waals surface area (Å²) in [5.74, 6) is 0.767. The zero-order chi connectivity index (χ0) is 9.97. The summed E-state index contributed by atoms with van der Waals surface area (Å²) in [6, 6.07) is 5.54. The predicted molar refractivity (Wildman–Crippen MR) is 56.6 cm³/mol. The van der Waals surface area contributed by atoms with Gasteiger partial charge in [-0.3, -0.25) is 0 Å². The van der Waals surface area contributed by atoms with Crippen LogP contribution in [0.2, 0.25) is 0 Å². The largest absolute Gasteiger partial charge is 0.497 e. The molecule has 1 aromatic carbocycles. The molecule has 0 amide bonds. The van der Waals surface area contributed by atoms with Crippen molar-refractivity contribution in [2.24, 2.45) is 0 Å². The first-order valence-corrected chi connectivity index (χ1v) is 4.93. The molecule has 3 nitrogen and oxygen atoms in total. The molecule has 0 aliphatic carbocycles. The molecule has 0 atom stereocenters. The van der Waals surface area contributed by atoms with Gasteiger partial charge in [0.25, 0.3) is 5.22 Å². The van der Waals surface area contributed by atoms with Gasteiger partial charge in [-0.15, -0.1) is 0 Å². The van der Waals surface area contributed by atoms with E-state index in [1.807, 2.05) is 18.2 Å². The highest BCUT2D eigenvalue weighted by Crippen LogP contribution is 2.26. The monoisotopic (exact) mass is 207 g/mol. The van der Waals surface area contributed by atoms with Gasteiger partial charge >= 0.3 is 0 Å². The molecule has 0 saturated heterocycles. The van der Waals surface area contributed by atoms with Crippen LogP contribution in [-0.4, -0.2) is 12.1 Å². The van der Waals surface area contributed by atoms with Crippen LogP contribution < -0.4 is 4.74 Å². The van der Waals surface area contributed by atoms with Gasteiger partial charge in [0.05, 0.1) is 7.11 Å². The Bertz CT molecular complexity index is 464. The van der Waals surface area contributed by atoms with Gasteiger partial charge in [0.15, 0.2) is 5.58 Å². The molecule has 1 heterocycles. The van der Waals surface area contributed by atoms with E-state index in [1.165, 1.54) is 11.8 Å². The van der Waals surface area contributed by atoms with E-state index in [9.17, 15) is 0 Å². The lowest BCUT2D eigenvalue weighted by Gasteiger charge is -1.95. The van der Waals surface area contributed by atoms with Gasteiger partial charge in [0.2, 0.25) is 0 Å². The summed E-state index contributed by atoms with van der Waals surface area (Å²) in [7, 11) is 1.62. The van der Waals surface area contributed by atoms with Crippen molar-refractivity contribution >= 4 is 22.9 Å². The predicted octanol–water partition coefficient (Wildman–Crippen LogP) is 3.07. The van der Waals surface area contributed by atoms with Gasteiger partial charge in [-0.1, -0.05) is 6.58 Å². The number of rotatable bonds is 3. The van der Waals surface area contributed by atoms with Crippen LogP contribution in [0.1, 0.15) is 0 Å². The van der Waals surface area contributed by atoms with E-state index in [0.29, 0.717) is 5.22 Å². The lowest BCUT2D eigenvalue weighted by Crippen LogP contribution is -1.80. The smallest absolute Gasteiger partial charge is 0.261 e. The van der Waals surface area contributed by atoms with Gasteiger partial charge in [0.1, 0.15) is 11.3 Å². The Hall–Kier alpha value is -1.42. The third-order valence-corrected chi connectivity index (χ3v) is 2.30. The highest BCUT2D eigenvalue weighted by molar-refractivity contribution is 8.01. The summed E-state index contributed by atoms with van der Waals surface area (Å²) in [6.07, 6.45) is 0. The van der Waals surface area contributed by atoms with Crippen LogP contribution in [0.25, 0.3) is 11.1 Å². The average Bonchev–Trinajstić information content (AvgIpc) is 2.59. The Kier molecular flexibility index (Phi) is 2.45. The number of oxazole rings is 1. The van der Waals surface area contributed by atoms with Crippen molar-refractivity contribution < 1.29 is 9.15 Å². The minimum Gasteiger partial charge on any atom is -0.497 e. The first kappa shape index (κ1) is 9.15. The molecule has 0 aliphatic heterocycles. The van der Waals surface area contributed by atoms with Crippen molar-refractivity contribution in [3.63, 3.8) is 0 Å². The van der Waals surface area contributed by atoms with Crippen LogP contribution in [-0.2, 0) is 0 Å². The average molecular weight is 207 g/mol. The fraction of sp³-hybridized carbons (Fsp3) is 0.100. The van der Waals surface area contributed by atoms with Crippen molar-refractivity contribution in [3.05, 3.63) is 30.2 Å². The SMILES string of the molecule is C=CSc1nc2ccc(OC)cc2o1. The quantitative estimate of drug-likeness (QED) is 0.724. The van der Waals surface area contributed by atoms with Crippen LogP contribution in [0.15, 0.2) is 39.8 Å². The van der Waals surface area contributed by atoms with E-state index < -0.39 is 0 Å². The van der Waals surface area contributed by atoms with E-state index in [2.05, 4.69) is 11.6 Å². The zero-order valence-electron chi connectivity index (χ0n) is 7.69. The first-order chi connectivity index (χ1) is 6.83. The standard InChI is InChI=1S/C10H9NO2S/c1-3-14-10-11-8-5-4-7(12-2)6-9(8)13-10/h3-6H,1H2,2H3. The van der Waals surface area contributed by atoms with E-state index >= 15 is 0 Å². The lowest BCUT2D eigenvalue weighted by atomic mass is 10.3. The highest BCUT2D eigenvalue weighted by Gasteiger charge is 2.05. The number of hydrogen-bond acceptors (Lipinski definition) is 4. The fourth-order valence-corrected chi connectivity index (χ4v) is 1.56. The van der Waals surface area contributed by atoms with E-state index in [4.69, 9.17) is 9.15 Å². The van der Waals surface area contributed by atoms with Crippen LogP contribution in [0.3, 0.4) is 0 Å². The maximum Gasteiger partial charge on any atom is 0.261 e. The Morgan fingerprint density at radius 1 is 1.57 bits per heavy atom. The molecule has 0 bridgehead atoms. The van der Waals surface area contributed by atoms with Gasteiger partial charge in [-0.2, -0.15) is 0 Å². The normalized spacial score (nSPS) is 10.4. The molecule has 0 unspecified atom stereocenters. The molecule has 4 heteroatoms. The van der Waals surface area contributed by atoms with Gasteiger partial charge in [-0.05, 0) is 29.3 Å². The molecule has 0 fully saturated rings. The Morgan fingerprint density at radius 3 is 3.14 bits per heavy atom. The number of benzene rings is 1. The van der Waals surface area contributed by atoms with Crippen LogP contribution in [0.5, 0.6) is 5.75 Å². The molecular formula is C10H9NO2S. The minimum atomic E-state index is 0.600. The number of hydrogen-bond donors (Lipinski definition) is 0. The molecule has 1 aromatic heterocycles. The molecule has 0 spiro atoms. The third kappa shape index (κ3) is 1.61. The summed E-state index contributed by atoms with van der Waals surface area (Å²) in [5, 5.41) is 2.28. The highest BCUT2D eigenvalue weighted by atomic mass is 32.2. The fourth-order valence-electron chi connectivity index (χ4n) is 1.13. The van der Waals surface area contributed by atoms with Crippen molar-refractivity contribution in [3.8, 4) is 5.75 Å². The summed E-state index contributed by atoms with van der Waals surface area (Å²) < 4.78 is 10.5. The molecule has 0 radical (unpaired) electrons. The second-order valence-electron chi connectivity index (χ2n) is 2.60. The number of methoxy groups -OCH3 is 1. The number of fused-ring (bicyclic) bond motifs is 1. The summed E-state index contributed by atoms with van der Waals surface area (Å²) in [4.78, 5) is 4.25. The van der Waals surface area contributed by atoms with Crippen molar-refractivity contribution in [2.75, 3.05) is 7.11 Å². The maximum absolute atomic E-state index is 5.45. The van der Waals surface area contributed by atoms with Crippen molar-refractivity contribution in [1.82, 2.24) is 4.98 Å². The number of aromatic nitrogens is 1. The van der Waals surface area contributed by atoms with Crippen LogP contribution in [0, 0.1) is 0 Å². The molecule has 0 N–H and O–H groups in total. The van der Waals surface area contributed by atoms with Gasteiger partial charge in [-0.25, -0.2) is 4.98 Å². The van der Waals surface area contributed by atoms with Crippen LogP contribution >= 0.6 is 11.8 Å². The Morgan fingerprint density at radius 2 is 2.43 bits per heavy atom. The minimum absolute atomic E-state index is 0.600. The van der Waals surface area contributed by atoms with Crippen molar-refractivity contribution in [2.45, 2.75) is 5.22 Å². The zero-order valence-corrected chi connectivity index (χ0v) is 8.50. The topological polar surface area (TPSA) is 35.3 Å². The Balaban J connectivity index is 2.48. The second kappa shape index (κ2) is 3.75. The summed E-state index contributed by atoms with van der Waals surface area (Å²) >= 11 is 1.36. The molecule has 72 valence electrons. The number of nitrogens with zero attached hydrogens (tertiary/aromatic N) is 1. The lowest BCUT2D eigenvalue weighted by molar-refractivity contribution is 0.413. The molecule has 0 aliphatic rings. The van der Waals surface area contributed by atoms with Gasteiger partial charge < -0.3 is 9.15 Å². The maximum atomic E-state index is 5.45. The number of ether oxygens (including phenoxy) is 1. The first-order valence-electron chi connectivity index (χ1n) is 4.05. The van der Waals surface area contributed by atoms with E-state index in [1.54, 1.807) is 12.5 Å². The van der Waals surface area contributed by atoms with Crippen molar-refractivity contribution in [1.29, 1.82) is 0 Å². The molecule has 2 rings (SSSR count). The molecule has 14 heavy (non-hydrogen) atoms. The van der Waals surface area contributed by atoms with E-state index in [-0.39, 0.29) is 0 Å². The van der Waals surface area contributed by atoms with E-state index in [0.717, 1.165) is 16.8 Å². The molecular weight excluding hydrogens is 198 g/mol. The Labute approximate surface area is 85.8 Å². The number of thioether (sulfide) groups is 1. The molecule has 2 aromatic rings. The van der Waals surface area contributed by atoms with Crippen LogP contribution in [0.4, 0.5) is 0 Å².